The number of hydrogen-bond donors (Lipinski definition) is 2. The number of nitrogens with one attached hydrogen (secondary N) is 2. The number of benzene rings is 1. The third-order valence-electron chi connectivity index (χ3n) is 6.87. The van der Waals surface area contributed by atoms with Gasteiger partial charge in [0.05, 0.1) is 5.52 Å². The molecule has 184 valence electrons. The van der Waals surface area contributed by atoms with Gasteiger partial charge in [0, 0.05) is 56.6 Å². The van der Waals surface area contributed by atoms with Gasteiger partial charge in [-0.2, -0.15) is 0 Å². The van der Waals surface area contributed by atoms with Gasteiger partial charge in [0.25, 0.3) is 0 Å². The van der Waals surface area contributed by atoms with E-state index >= 15 is 0 Å². The molecule has 2 saturated heterocycles. The van der Waals surface area contributed by atoms with Gasteiger partial charge in [-0.05, 0) is 57.0 Å². The molecular weight excluding hydrogens is 444 g/mol. The Morgan fingerprint density at radius 3 is 2.46 bits per heavy atom. The summed E-state index contributed by atoms with van der Waals surface area (Å²) in [6, 6.07) is 9.76. The van der Waals surface area contributed by atoms with E-state index in [0.29, 0.717) is 17.7 Å². The summed E-state index contributed by atoms with van der Waals surface area (Å²) < 4.78 is 1.61. The van der Waals surface area contributed by atoms with Gasteiger partial charge in [0.1, 0.15) is 18.0 Å². The molecule has 10 heteroatoms. The topological polar surface area (TPSA) is 98.6 Å². The number of piperidine rings is 1. The maximum Gasteiger partial charge on any atom is 0.328 e. The van der Waals surface area contributed by atoms with Crippen molar-refractivity contribution in [3.05, 3.63) is 42.9 Å². The average Bonchev–Trinajstić information content (AvgIpc) is 3.54. The van der Waals surface area contributed by atoms with Crippen LogP contribution in [0.25, 0.3) is 10.9 Å². The van der Waals surface area contributed by atoms with E-state index in [1.165, 1.54) is 37.2 Å². The molecule has 0 saturated carbocycles. The van der Waals surface area contributed by atoms with Crippen LogP contribution >= 0.6 is 0 Å². The standard InChI is InChI=1S/C25H32N8O2/c1-30(2)25(35)33-14-7-18-5-6-19(15-21(18)33)28-22-16-23(27-17-26-22)29-24(34)32-12-8-20(9-13-32)31-10-3-4-11-31/h5-7,14-17,20H,3-4,8-13H2,1-2H3,(H2,26,27,28,29,34). The van der Waals surface area contributed by atoms with E-state index in [-0.39, 0.29) is 12.1 Å². The number of hydrogen-bond acceptors (Lipinski definition) is 6. The molecule has 2 aliphatic rings. The summed E-state index contributed by atoms with van der Waals surface area (Å²) in [5.41, 5.74) is 1.58. The van der Waals surface area contributed by atoms with Crippen LogP contribution in [-0.2, 0) is 0 Å². The van der Waals surface area contributed by atoms with Gasteiger partial charge in [0.15, 0.2) is 0 Å². The second-order valence-corrected chi connectivity index (χ2v) is 9.44. The van der Waals surface area contributed by atoms with Gasteiger partial charge in [-0.15, -0.1) is 0 Å². The number of rotatable bonds is 4. The first kappa shape index (κ1) is 23.1. The molecule has 4 heterocycles. The number of nitrogens with zero attached hydrogens (tertiary/aromatic N) is 6. The third-order valence-corrected chi connectivity index (χ3v) is 6.87. The van der Waals surface area contributed by atoms with Crippen LogP contribution in [0.15, 0.2) is 42.9 Å². The Bertz CT molecular complexity index is 1210. The van der Waals surface area contributed by atoms with Gasteiger partial charge >= 0.3 is 12.1 Å². The largest absolute Gasteiger partial charge is 0.340 e. The predicted molar refractivity (Wildman–Crippen MR) is 136 cm³/mol. The van der Waals surface area contributed by atoms with Crippen LogP contribution in [0.4, 0.5) is 26.9 Å². The van der Waals surface area contributed by atoms with E-state index in [9.17, 15) is 9.59 Å². The molecule has 2 fully saturated rings. The second kappa shape index (κ2) is 9.91. The number of fused-ring (bicyclic) bond motifs is 1. The van der Waals surface area contributed by atoms with Crippen molar-refractivity contribution in [1.82, 2.24) is 29.2 Å². The Kier molecular flexibility index (Phi) is 6.54. The molecule has 2 aliphatic heterocycles. The smallest absolute Gasteiger partial charge is 0.328 e. The fourth-order valence-electron chi connectivity index (χ4n) is 4.96. The number of amides is 3. The van der Waals surface area contributed by atoms with E-state index in [1.807, 2.05) is 29.2 Å². The maximum absolute atomic E-state index is 12.8. The lowest BCUT2D eigenvalue weighted by atomic mass is 10.0. The van der Waals surface area contributed by atoms with Crippen molar-refractivity contribution in [2.75, 3.05) is 50.9 Å². The van der Waals surface area contributed by atoms with Crippen molar-refractivity contribution < 1.29 is 9.59 Å². The normalized spacial score (nSPS) is 17.0. The third kappa shape index (κ3) is 5.07. The molecule has 1 aromatic carbocycles. The number of carbonyl (C=O) groups is 2. The number of anilines is 3. The first-order valence-corrected chi connectivity index (χ1v) is 12.2. The number of aromatic nitrogens is 3. The Hall–Kier alpha value is -3.66. The zero-order valence-electron chi connectivity index (χ0n) is 20.3. The van der Waals surface area contributed by atoms with Crippen LogP contribution in [0.2, 0.25) is 0 Å². The highest BCUT2D eigenvalue weighted by Gasteiger charge is 2.28. The molecule has 5 rings (SSSR count). The van der Waals surface area contributed by atoms with Crippen LogP contribution in [0.3, 0.4) is 0 Å². The summed E-state index contributed by atoms with van der Waals surface area (Å²) in [6.45, 7) is 3.90. The predicted octanol–water partition coefficient (Wildman–Crippen LogP) is 3.80. The SMILES string of the molecule is CN(C)C(=O)n1ccc2ccc(Nc3cc(NC(=O)N4CCC(N5CCCC5)CC4)ncn3)cc21. The van der Waals surface area contributed by atoms with Crippen LogP contribution in [0, 0.1) is 0 Å². The molecule has 10 nitrogen and oxygen atoms in total. The summed E-state index contributed by atoms with van der Waals surface area (Å²) >= 11 is 0. The Morgan fingerprint density at radius 2 is 1.71 bits per heavy atom. The van der Waals surface area contributed by atoms with Crippen LogP contribution < -0.4 is 10.6 Å². The minimum Gasteiger partial charge on any atom is -0.340 e. The van der Waals surface area contributed by atoms with Gasteiger partial charge in [-0.1, -0.05) is 6.07 Å². The Morgan fingerprint density at radius 1 is 0.971 bits per heavy atom. The van der Waals surface area contributed by atoms with Crippen LogP contribution in [0.1, 0.15) is 25.7 Å². The zero-order valence-corrected chi connectivity index (χ0v) is 20.3. The molecule has 0 aliphatic carbocycles. The van der Waals surface area contributed by atoms with Crippen molar-refractivity contribution >= 4 is 40.3 Å². The minimum absolute atomic E-state index is 0.117. The molecule has 2 aromatic heterocycles. The van der Waals surface area contributed by atoms with Crippen LogP contribution in [-0.4, -0.2) is 87.6 Å². The molecule has 2 N–H and O–H groups in total. The van der Waals surface area contributed by atoms with Gasteiger partial charge < -0.3 is 20.0 Å². The Labute approximate surface area is 204 Å². The highest BCUT2D eigenvalue weighted by atomic mass is 16.2. The summed E-state index contributed by atoms with van der Waals surface area (Å²) in [6.07, 6.45) is 7.81. The summed E-state index contributed by atoms with van der Waals surface area (Å²) in [7, 11) is 3.45. The first-order chi connectivity index (χ1) is 17.0. The number of carbonyl (C=O) groups excluding carboxylic acids is 2. The van der Waals surface area contributed by atoms with Crippen molar-refractivity contribution in [2.45, 2.75) is 31.7 Å². The molecule has 3 aromatic rings. The van der Waals surface area contributed by atoms with Gasteiger partial charge in [0.2, 0.25) is 0 Å². The highest BCUT2D eigenvalue weighted by molar-refractivity contribution is 5.93. The Balaban J connectivity index is 1.22. The molecule has 0 radical (unpaired) electrons. The van der Waals surface area contributed by atoms with E-state index < -0.39 is 0 Å². The molecular formula is C25H32N8O2. The summed E-state index contributed by atoms with van der Waals surface area (Å²) in [5, 5.41) is 7.13. The number of likely N-dealkylation sites (tertiary alicyclic amines) is 2. The van der Waals surface area contributed by atoms with Crippen LogP contribution in [0.5, 0.6) is 0 Å². The molecule has 0 atom stereocenters. The van der Waals surface area contributed by atoms with Crippen molar-refractivity contribution in [3.63, 3.8) is 0 Å². The lowest BCUT2D eigenvalue weighted by Gasteiger charge is -2.36. The molecule has 0 unspecified atom stereocenters. The number of urea groups is 1. The highest BCUT2D eigenvalue weighted by Crippen LogP contribution is 2.24. The monoisotopic (exact) mass is 476 g/mol. The van der Waals surface area contributed by atoms with Gasteiger partial charge in [-0.25, -0.2) is 19.6 Å². The van der Waals surface area contributed by atoms with Crippen molar-refractivity contribution in [3.8, 4) is 0 Å². The molecule has 0 spiro atoms. The molecule has 35 heavy (non-hydrogen) atoms. The van der Waals surface area contributed by atoms with Crippen molar-refractivity contribution in [1.29, 1.82) is 0 Å². The quantitative estimate of drug-likeness (QED) is 0.594. The zero-order chi connectivity index (χ0) is 24.4. The van der Waals surface area contributed by atoms with Crippen molar-refractivity contribution in [2.24, 2.45) is 0 Å². The van der Waals surface area contributed by atoms with E-state index in [2.05, 4.69) is 25.5 Å². The molecule has 0 bridgehead atoms. The maximum atomic E-state index is 12.8. The lowest BCUT2D eigenvalue weighted by Crippen LogP contribution is -2.47. The minimum atomic E-state index is -0.129. The van der Waals surface area contributed by atoms with E-state index in [1.54, 1.807) is 30.9 Å². The van der Waals surface area contributed by atoms with E-state index in [4.69, 9.17) is 0 Å². The second-order valence-electron chi connectivity index (χ2n) is 9.44. The molecule has 3 amide bonds. The summed E-state index contributed by atoms with van der Waals surface area (Å²) in [5.74, 6) is 1.00. The summed E-state index contributed by atoms with van der Waals surface area (Å²) in [4.78, 5) is 39.8. The van der Waals surface area contributed by atoms with Gasteiger partial charge in [-0.3, -0.25) is 9.88 Å². The first-order valence-electron chi connectivity index (χ1n) is 12.2. The average molecular weight is 477 g/mol. The van der Waals surface area contributed by atoms with E-state index in [0.717, 1.165) is 42.5 Å². The fraction of sp³-hybridized carbons (Fsp3) is 0.440. The lowest BCUT2D eigenvalue weighted by molar-refractivity contribution is 0.140. The fourth-order valence-corrected chi connectivity index (χ4v) is 4.96.